The quantitative estimate of drug-likeness (QED) is 0.804. The van der Waals surface area contributed by atoms with Crippen LogP contribution in [-0.2, 0) is 9.84 Å². The highest BCUT2D eigenvalue weighted by atomic mass is 32.2. The van der Waals surface area contributed by atoms with Crippen molar-refractivity contribution in [1.29, 1.82) is 0 Å². The van der Waals surface area contributed by atoms with E-state index in [2.05, 4.69) is 11.8 Å². The molecule has 0 saturated heterocycles. The largest absolute Gasteiger partial charge is 0.493 e. The molecule has 0 spiro atoms. The summed E-state index contributed by atoms with van der Waals surface area (Å²) in [5, 5.41) is 8.54. The van der Waals surface area contributed by atoms with Crippen molar-refractivity contribution in [3.8, 4) is 17.6 Å². The van der Waals surface area contributed by atoms with Gasteiger partial charge in [0.25, 0.3) is 0 Å². The normalized spacial score (nSPS) is 10.6. The minimum atomic E-state index is -2.98. The maximum absolute atomic E-state index is 11.2. The first-order chi connectivity index (χ1) is 8.57. The molecule has 0 aliphatic heterocycles. The van der Waals surface area contributed by atoms with Crippen LogP contribution in [-0.4, -0.2) is 38.2 Å². The van der Waals surface area contributed by atoms with Crippen molar-refractivity contribution >= 4 is 9.84 Å². The van der Waals surface area contributed by atoms with Crippen LogP contribution in [0.4, 0.5) is 0 Å². The topological polar surface area (TPSA) is 63.6 Å². The van der Waals surface area contributed by atoms with Gasteiger partial charge < -0.3 is 9.84 Å². The molecule has 0 heterocycles. The molecular formula is C13H16O4S. The first-order valence-corrected chi connectivity index (χ1v) is 7.42. The second-order valence-electron chi connectivity index (χ2n) is 3.57. The van der Waals surface area contributed by atoms with Crippen LogP contribution in [0.3, 0.4) is 0 Å². The zero-order valence-electron chi connectivity index (χ0n) is 10.2. The maximum Gasteiger partial charge on any atom is 0.153 e. The Kier molecular flexibility index (Phi) is 5.69. The number of hydrogen-bond donors (Lipinski definition) is 1. The number of sulfone groups is 1. The van der Waals surface area contributed by atoms with E-state index in [1.54, 1.807) is 31.2 Å². The van der Waals surface area contributed by atoms with Crippen LogP contribution in [0.15, 0.2) is 24.3 Å². The molecule has 98 valence electrons. The molecule has 0 unspecified atom stereocenters. The second-order valence-corrected chi connectivity index (χ2v) is 6.04. The van der Waals surface area contributed by atoms with Gasteiger partial charge in [-0.3, -0.25) is 0 Å². The summed E-state index contributed by atoms with van der Waals surface area (Å²) in [4.78, 5) is 0. The Labute approximate surface area is 108 Å². The third kappa shape index (κ3) is 5.21. The fourth-order valence-corrected chi connectivity index (χ4v) is 1.83. The van der Waals surface area contributed by atoms with E-state index in [0.717, 1.165) is 5.56 Å². The molecular weight excluding hydrogens is 252 g/mol. The predicted molar refractivity (Wildman–Crippen MR) is 70.2 cm³/mol. The third-order valence-corrected chi connectivity index (χ3v) is 3.94. The Bertz CT molecular complexity index is 520. The summed E-state index contributed by atoms with van der Waals surface area (Å²) in [6.45, 7) is 1.59. The van der Waals surface area contributed by atoms with E-state index >= 15 is 0 Å². The lowest BCUT2D eigenvalue weighted by molar-refractivity contribution is 0.341. The van der Waals surface area contributed by atoms with Crippen molar-refractivity contribution in [3.05, 3.63) is 29.8 Å². The zero-order valence-corrected chi connectivity index (χ0v) is 11.0. The van der Waals surface area contributed by atoms with Gasteiger partial charge in [-0.05, 0) is 24.3 Å². The van der Waals surface area contributed by atoms with Gasteiger partial charge in [0.15, 0.2) is 9.84 Å². The Hall–Kier alpha value is -1.51. The highest BCUT2D eigenvalue weighted by Gasteiger charge is 2.06. The van der Waals surface area contributed by atoms with Gasteiger partial charge in [-0.2, -0.15) is 0 Å². The van der Waals surface area contributed by atoms with Gasteiger partial charge in [0.05, 0.1) is 5.75 Å². The molecule has 0 saturated carbocycles. The summed E-state index contributed by atoms with van der Waals surface area (Å²) < 4.78 is 27.8. The van der Waals surface area contributed by atoms with E-state index in [1.165, 1.54) is 0 Å². The van der Waals surface area contributed by atoms with Crippen LogP contribution >= 0.6 is 0 Å². The monoisotopic (exact) mass is 268 g/mol. The maximum atomic E-state index is 11.2. The summed E-state index contributed by atoms with van der Waals surface area (Å²) in [6, 6.07) is 6.96. The fraction of sp³-hybridized carbons (Fsp3) is 0.385. The number of aliphatic hydroxyl groups is 1. The molecule has 0 amide bonds. The molecule has 0 aromatic heterocycles. The summed E-state index contributed by atoms with van der Waals surface area (Å²) in [5.74, 6) is 6.06. The highest BCUT2D eigenvalue weighted by molar-refractivity contribution is 7.91. The molecule has 1 rings (SSSR count). The first kappa shape index (κ1) is 14.6. The SMILES string of the molecule is CCS(=O)(=O)CCOc1ccc(C#CCO)cc1. The van der Waals surface area contributed by atoms with Crippen LogP contribution < -0.4 is 4.74 Å². The predicted octanol–water partition coefficient (Wildman–Crippen LogP) is 0.844. The van der Waals surface area contributed by atoms with Crippen molar-refractivity contribution in [2.45, 2.75) is 6.92 Å². The Balaban J connectivity index is 2.49. The van der Waals surface area contributed by atoms with Crippen LogP contribution in [0, 0.1) is 11.8 Å². The minimum Gasteiger partial charge on any atom is -0.493 e. The van der Waals surface area contributed by atoms with Gasteiger partial charge in [-0.25, -0.2) is 8.42 Å². The molecule has 1 aromatic rings. The average molecular weight is 268 g/mol. The molecule has 1 N–H and O–H groups in total. The number of rotatable bonds is 5. The molecule has 0 atom stereocenters. The summed E-state index contributed by atoms with van der Waals surface area (Å²) >= 11 is 0. The smallest absolute Gasteiger partial charge is 0.153 e. The molecule has 1 aromatic carbocycles. The number of ether oxygens (including phenoxy) is 1. The lowest BCUT2D eigenvalue weighted by atomic mass is 10.2. The van der Waals surface area contributed by atoms with Gasteiger partial charge in [-0.15, -0.1) is 0 Å². The molecule has 0 aliphatic carbocycles. The van der Waals surface area contributed by atoms with Crippen molar-refractivity contribution < 1.29 is 18.3 Å². The van der Waals surface area contributed by atoms with Crippen LogP contribution in [0.25, 0.3) is 0 Å². The number of hydrogen-bond acceptors (Lipinski definition) is 4. The van der Waals surface area contributed by atoms with Gasteiger partial charge in [0.1, 0.15) is 19.0 Å². The van der Waals surface area contributed by atoms with E-state index in [-0.39, 0.29) is 24.7 Å². The Morgan fingerprint density at radius 2 is 1.94 bits per heavy atom. The average Bonchev–Trinajstić information content (AvgIpc) is 2.38. The van der Waals surface area contributed by atoms with E-state index in [1.807, 2.05) is 0 Å². The minimum absolute atomic E-state index is 0.0234. The molecule has 0 bridgehead atoms. The molecule has 5 heteroatoms. The van der Waals surface area contributed by atoms with Gasteiger partial charge in [0, 0.05) is 11.3 Å². The fourth-order valence-electron chi connectivity index (χ4n) is 1.21. The van der Waals surface area contributed by atoms with Crippen LogP contribution in [0.1, 0.15) is 12.5 Å². The van der Waals surface area contributed by atoms with E-state index in [0.29, 0.717) is 5.75 Å². The Morgan fingerprint density at radius 1 is 1.28 bits per heavy atom. The number of benzene rings is 1. The van der Waals surface area contributed by atoms with E-state index < -0.39 is 9.84 Å². The molecule has 0 aliphatic rings. The second kappa shape index (κ2) is 7.04. The van der Waals surface area contributed by atoms with Crippen molar-refractivity contribution in [3.63, 3.8) is 0 Å². The van der Waals surface area contributed by atoms with Gasteiger partial charge in [-0.1, -0.05) is 18.8 Å². The lowest BCUT2D eigenvalue weighted by Crippen LogP contribution is -2.15. The van der Waals surface area contributed by atoms with E-state index in [4.69, 9.17) is 9.84 Å². The number of aliphatic hydroxyl groups excluding tert-OH is 1. The third-order valence-electron chi connectivity index (χ3n) is 2.27. The van der Waals surface area contributed by atoms with Gasteiger partial charge in [0.2, 0.25) is 0 Å². The summed E-state index contributed by atoms with van der Waals surface area (Å²) in [5.41, 5.74) is 0.776. The van der Waals surface area contributed by atoms with E-state index in [9.17, 15) is 8.42 Å². The summed E-state index contributed by atoms with van der Waals surface area (Å²) in [6.07, 6.45) is 0. The molecule has 18 heavy (non-hydrogen) atoms. The van der Waals surface area contributed by atoms with Crippen LogP contribution in [0.5, 0.6) is 5.75 Å². The molecule has 4 nitrogen and oxygen atoms in total. The molecule has 0 radical (unpaired) electrons. The van der Waals surface area contributed by atoms with Gasteiger partial charge >= 0.3 is 0 Å². The first-order valence-electron chi connectivity index (χ1n) is 5.60. The Morgan fingerprint density at radius 3 is 2.50 bits per heavy atom. The lowest BCUT2D eigenvalue weighted by Gasteiger charge is -2.05. The summed E-state index contributed by atoms with van der Waals surface area (Å²) in [7, 11) is -2.98. The highest BCUT2D eigenvalue weighted by Crippen LogP contribution is 2.11. The van der Waals surface area contributed by atoms with Crippen LogP contribution in [0.2, 0.25) is 0 Å². The van der Waals surface area contributed by atoms with Crippen molar-refractivity contribution in [1.82, 2.24) is 0 Å². The zero-order chi connectivity index (χ0) is 13.4. The standard InChI is InChI=1S/C13H16O4S/c1-2-18(15,16)11-10-17-13-7-5-12(6-8-13)4-3-9-14/h5-8,14H,2,9-11H2,1H3. The van der Waals surface area contributed by atoms with Crippen molar-refractivity contribution in [2.24, 2.45) is 0 Å². The molecule has 0 fully saturated rings. The van der Waals surface area contributed by atoms with Crippen molar-refractivity contribution in [2.75, 3.05) is 24.7 Å².